The van der Waals surface area contributed by atoms with E-state index in [9.17, 15) is 4.79 Å². The second kappa shape index (κ2) is 7.80. The van der Waals surface area contributed by atoms with Crippen LogP contribution in [0.5, 0.6) is 5.75 Å². The number of ether oxygens (including phenoxy) is 1. The number of benzene rings is 2. The zero-order chi connectivity index (χ0) is 18.6. The van der Waals surface area contributed by atoms with E-state index in [1.807, 2.05) is 61.7 Å². The fourth-order valence-electron chi connectivity index (χ4n) is 2.98. The van der Waals surface area contributed by atoms with Gasteiger partial charge in [-0.05, 0) is 42.8 Å². The predicted octanol–water partition coefficient (Wildman–Crippen LogP) is 3.90. The molecule has 0 bridgehead atoms. The summed E-state index contributed by atoms with van der Waals surface area (Å²) in [5.74, 6) is 2.28. The van der Waals surface area contributed by atoms with E-state index in [-0.39, 0.29) is 5.56 Å². The van der Waals surface area contributed by atoms with Gasteiger partial charge in [0.05, 0.1) is 23.3 Å². The second-order valence-electron chi connectivity index (χ2n) is 6.18. The van der Waals surface area contributed by atoms with E-state index in [0.717, 1.165) is 22.7 Å². The maximum atomic E-state index is 12.6. The normalized spacial score (nSPS) is 14.9. The Kier molecular flexibility index (Phi) is 5.07. The number of nitrogens with zero attached hydrogens (tertiary/aromatic N) is 3. The van der Waals surface area contributed by atoms with Crippen LogP contribution in [0.25, 0.3) is 17.0 Å². The molecule has 0 saturated carbocycles. The van der Waals surface area contributed by atoms with Crippen LogP contribution in [0.1, 0.15) is 11.4 Å². The highest BCUT2D eigenvalue weighted by Gasteiger charge is 2.07. The fourth-order valence-corrected chi connectivity index (χ4v) is 3.64. The molecule has 3 aromatic rings. The van der Waals surface area contributed by atoms with Crippen LogP contribution >= 0.6 is 11.8 Å². The number of rotatable bonds is 5. The standard InChI is InChI=1S/C21H19N3O2S/c1-15-23-20-5-3-2-4-19(20)21(25)24(15)10-11-26-17-8-6-16(7-9-17)12-18-13-22-14-27-18/h2-9,12-13H,10-11,14H2,1H3. The van der Waals surface area contributed by atoms with Crippen molar-refractivity contribution in [1.82, 2.24) is 9.55 Å². The Bertz CT molecular complexity index is 1080. The van der Waals surface area contributed by atoms with Gasteiger partial charge in [-0.25, -0.2) is 4.98 Å². The fraction of sp³-hybridized carbons (Fsp3) is 0.190. The number of thioether (sulfide) groups is 1. The number of aryl methyl sites for hydroxylation is 1. The summed E-state index contributed by atoms with van der Waals surface area (Å²) < 4.78 is 7.48. The SMILES string of the molecule is Cc1nc2ccccc2c(=O)n1CCOc1ccc(C=C2C=NCS2)cc1. The predicted molar refractivity (Wildman–Crippen MR) is 112 cm³/mol. The first kappa shape index (κ1) is 17.5. The molecule has 2 aromatic carbocycles. The number of hydrogen-bond donors (Lipinski definition) is 0. The van der Waals surface area contributed by atoms with Crippen LogP contribution in [0.15, 0.2) is 63.2 Å². The molecule has 0 N–H and O–H groups in total. The summed E-state index contributed by atoms with van der Waals surface area (Å²) in [6.45, 7) is 2.71. The molecule has 1 aliphatic heterocycles. The number of para-hydroxylation sites is 1. The monoisotopic (exact) mass is 377 g/mol. The molecule has 1 aliphatic rings. The molecule has 0 unspecified atom stereocenters. The maximum Gasteiger partial charge on any atom is 0.261 e. The molecule has 0 atom stereocenters. The number of allylic oxidation sites excluding steroid dienone is 1. The van der Waals surface area contributed by atoms with Gasteiger partial charge in [0.25, 0.3) is 5.56 Å². The lowest BCUT2D eigenvalue weighted by Crippen LogP contribution is -2.26. The molecular weight excluding hydrogens is 358 g/mol. The molecule has 0 aliphatic carbocycles. The molecule has 0 amide bonds. The molecule has 27 heavy (non-hydrogen) atoms. The number of fused-ring (bicyclic) bond motifs is 1. The van der Waals surface area contributed by atoms with Crippen molar-refractivity contribution in [3.63, 3.8) is 0 Å². The third-order valence-corrected chi connectivity index (χ3v) is 5.18. The Morgan fingerprint density at radius 3 is 2.78 bits per heavy atom. The van der Waals surface area contributed by atoms with E-state index in [1.54, 1.807) is 16.3 Å². The molecule has 5 nitrogen and oxygen atoms in total. The van der Waals surface area contributed by atoms with E-state index in [0.29, 0.717) is 24.4 Å². The average Bonchev–Trinajstić information content (AvgIpc) is 3.19. The van der Waals surface area contributed by atoms with Crippen molar-refractivity contribution in [2.75, 3.05) is 12.5 Å². The molecule has 136 valence electrons. The summed E-state index contributed by atoms with van der Waals surface area (Å²) in [6.07, 6.45) is 4.00. The quantitative estimate of drug-likeness (QED) is 0.677. The third-order valence-electron chi connectivity index (χ3n) is 4.35. The van der Waals surface area contributed by atoms with E-state index in [2.05, 4.69) is 16.1 Å². The minimum atomic E-state index is -0.0283. The van der Waals surface area contributed by atoms with Crippen molar-refractivity contribution in [3.8, 4) is 5.75 Å². The van der Waals surface area contributed by atoms with Crippen LogP contribution in [0.2, 0.25) is 0 Å². The first-order chi connectivity index (χ1) is 13.2. The topological polar surface area (TPSA) is 56.5 Å². The number of aromatic nitrogens is 2. The van der Waals surface area contributed by atoms with Crippen LogP contribution in [0.4, 0.5) is 0 Å². The van der Waals surface area contributed by atoms with E-state index in [4.69, 9.17) is 4.74 Å². The lowest BCUT2D eigenvalue weighted by Gasteiger charge is -2.12. The van der Waals surface area contributed by atoms with Crippen molar-refractivity contribution >= 4 is 35.0 Å². The smallest absolute Gasteiger partial charge is 0.261 e. The van der Waals surface area contributed by atoms with Gasteiger partial charge in [0.15, 0.2) is 0 Å². The van der Waals surface area contributed by atoms with Crippen LogP contribution in [-0.4, -0.2) is 28.2 Å². The van der Waals surface area contributed by atoms with Crippen molar-refractivity contribution in [2.45, 2.75) is 13.5 Å². The van der Waals surface area contributed by atoms with Gasteiger partial charge in [0.1, 0.15) is 18.2 Å². The molecule has 1 aromatic heterocycles. The Morgan fingerprint density at radius 2 is 2.00 bits per heavy atom. The minimum absolute atomic E-state index is 0.0283. The lowest BCUT2D eigenvalue weighted by atomic mass is 10.2. The van der Waals surface area contributed by atoms with Gasteiger partial charge in [-0.3, -0.25) is 14.4 Å². The number of hydrogen-bond acceptors (Lipinski definition) is 5. The van der Waals surface area contributed by atoms with Crippen molar-refractivity contribution in [1.29, 1.82) is 0 Å². The molecule has 0 radical (unpaired) electrons. The van der Waals surface area contributed by atoms with Gasteiger partial charge >= 0.3 is 0 Å². The van der Waals surface area contributed by atoms with Gasteiger partial charge in [-0.15, -0.1) is 11.8 Å². The van der Waals surface area contributed by atoms with Gasteiger partial charge in [-0.1, -0.05) is 24.3 Å². The maximum absolute atomic E-state index is 12.6. The molecular formula is C21H19N3O2S. The molecule has 4 rings (SSSR count). The highest BCUT2D eigenvalue weighted by molar-refractivity contribution is 8.04. The number of aliphatic imine (C=N–C) groups is 1. The molecule has 0 saturated heterocycles. The highest BCUT2D eigenvalue weighted by atomic mass is 32.2. The van der Waals surface area contributed by atoms with Crippen LogP contribution in [-0.2, 0) is 6.54 Å². The Labute approximate surface area is 161 Å². The van der Waals surface area contributed by atoms with Gasteiger partial charge < -0.3 is 4.74 Å². The van der Waals surface area contributed by atoms with E-state index < -0.39 is 0 Å². The van der Waals surface area contributed by atoms with Crippen molar-refractivity contribution in [2.24, 2.45) is 4.99 Å². The van der Waals surface area contributed by atoms with Crippen molar-refractivity contribution < 1.29 is 4.74 Å². The Balaban J connectivity index is 1.43. The van der Waals surface area contributed by atoms with E-state index >= 15 is 0 Å². The Hall–Kier alpha value is -2.86. The van der Waals surface area contributed by atoms with Gasteiger partial charge in [0, 0.05) is 11.1 Å². The zero-order valence-electron chi connectivity index (χ0n) is 15.0. The van der Waals surface area contributed by atoms with Gasteiger partial charge in [0.2, 0.25) is 0 Å². The summed E-state index contributed by atoms with van der Waals surface area (Å²) in [6, 6.07) is 15.3. The minimum Gasteiger partial charge on any atom is -0.492 e. The lowest BCUT2D eigenvalue weighted by molar-refractivity contribution is 0.294. The zero-order valence-corrected chi connectivity index (χ0v) is 15.8. The third kappa shape index (κ3) is 3.95. The van der Waals surface area contributed by atoms with Gasteiger partial charge in [-0.2, -0.15) is 0 Å². The largest absolute Gasteiger partial charge is 0.492 e. The van der Waals surface area contributed by atoms with E-state index in [1.165, 1.54) is 4.91 Å². The summed E-state index contributed by atoms with van der Waals surface area (Å²) in [7, 11) is 0. The molecule has 2 heterocycles. The summed E-state index contributed by atoms with van der Waals surface area (Å²) in [5.41, 5.74) is 1.82. The van der Waals surface area contributed by atoms with Crippen molar-refractivity contribution in [3.05, 3.63) is 75.2 Å². The average molecular weight is 377 g/mol. The van der Waals surface area contributed by atoms with Crippen LogP contribution < -0.4 is 10.3 Å². The second-order valence-corrected chi connectivity index (χ2v) is 7.20. The molecule has 0 spiro atoms. The summed E-state index contributed by atoms with van der Waals surface area (Å²) >= 11 is 1.73. The Morgan fingerprint density at radius 1 is 1.19 bits per heavy atom. The summed E-state index contributed by atoms with van der Waals surface area (Å²) in [5, 5.41) is 0.633. The van der Waals surface area contributed by atoms with Crippen LogP contribution in [0, 0.1) is 6.92 Å². The summed E-state index contributed by atoms with van der Waals surface area (Å²) in [4.78, 5) is 22.5. The molecule has 6 heteroatoms. The first-order valence-electron chi connectivity index (χ1n) is 8.74. The van der Waals surface area contributed by atoms with Crippen LogP contribution in [0.3, 0.4) is 0 Å². The molecule has 0 fully saturated rings. The highest BCUT2D eigenvalue weighted by Crippen LogP contribution is 2.23. The first-order valence-corrected chi connectivity index (χ1v) is 9.73.